The van der Waals surface area contributed by atoms with Crippen molar-refractivity contribution in [1.29, 1.82) is 0 Å². The van der Waals surface area contributed by atoms with Crippen LogP contribution in [-0.4, -0.2) is 31.5 Å². The van der Waals surface area contributed by atoms with E-state index in [-0.39, 0.29) is 29.9 Å². The van der Waals surface area contributed by atoms with Crippen LogP contribution in [0.2, 0.25) is 0 Å². The number of hydrogen-bond donors (Lipinski definition) is 3. The van der Waals surface area contributed by atoms with Crippen LogP contribution in [0.25, 0.3) is 0 Å². The van der Waals surface area contributed by atoms with Gasteiger partial charge in [0, 0.05) is 25.2 Å². The third-order valence-electron chi connectivity index (χ3n) is 3.06. The van der Waals surface area contributed by atoms with Gasteiger partial charge in [0.05, 0.1) is 6.26 Å². The highest BCUT2D eigenvalue weighted by atomic mass is 127. The first-order chi connectivity index (χ1) is 11.3. The average Bonchev–Trinajstić information content (AvgIpc) is 3.10. The third-order valence-corrected chi connectivity index (χ3v) is 3.06. The lowest BCUT2D eigenvalue weighted by Crippen LogP contribution is -2.41. The molecule has 1 aromatic heterocycles. The van der Waals surface area contributed by atoms with Crippen LogP contribution in [0.1, 0.15) is 23.0 Å². The maximum atomic E-state index is 11.9. The number of hydrogen-bond acceptors (Lipinski definition) is 3. The summed E-state index contributed by atoms with van der Waals surface area (Å²) in [5.74, 6) is 1.42. The predicted molar refractivity (Wildman–Crippen MR) is 106 cm³/mol. The smallest absolute Gasteiger partial charge is 0.251 e. The molecular formula is C17H23IN4O2. The van der Waals surface area contributed by atoms with Crippen LogP contribution < -0.4 is 16.0 Å². The van der Waals surface area contributed by atoms with Gasteiger partial charge < -0.3 is 20.4 Å². The van der Waals surface area contributed by atoms with E-state index in [0.717, 1.165) is 12.3 Å². The van der Waals surface area contributed by atoms with Crippen LogP contribution >= 0.6 is 24.0 Å². The van der Waals surface area contributed by atoms with Crippen molar-refractivity contribution in [2.45, 2.75) is 13.5 Å². The molecule has 0 bridgehead atoms. The second kappa shape index (κ2) is 11.5. The van der Waals surface area contributed by atoms with Crippen molar-refractivity contribution in [2.24, 2.45) is 4.99 Å². The molecule has 0 radical (unpaired) electrons. The van der Waals surface area contributed by atoms with Crippen LogP contribution in [0.3, 0.4) is 0 Å². The Hall–Kier alpha value is -2.03. The summed E-state index contributed by atoms with van der Waals surface area (Å²) in [6, 6.07) is 12.9. The second-order valence-corrected chi connectivity index (χ2v) is 4.82. The Kier molecular flexibility index (Phi) is 9.59. The predicted octanol–water partition coefficient (Wildman–Crippen LogP) is 2.38. The Morgan fingerprint density at radius 3 is 2.46 bits per heavy atom. The second-order valence-electron chi connectivity index (χ2n) is 4.82. The molecule has 3 N–H and O–H groups in total. The van der Waals surface area contributed by atoms with Crippen LogP contribution in [0, 0.1) is 0 Å². The highest BCUT2D eigenvalue weighted by Crippen LogP contribution is 2.01. The largest absolute Gasteiger partial charge is 0.467 e. The summed E-state index contributed by atoms with van der Waals surface area (Å²) in [4.78, 5) is 16.3. The molecule has 7 heteroatoms. The fourth-order valence-corrected chi connectivity index (χ4v) is 1.95. The Labute approximate surface area is 159 Å². The molecule has 1 amide bonds. The van der Waals surface area contributed by atoms with Crippen LogP contribution in [0.15, 0.2) is 58.1 Å². The number of nitrogens with zero attached hydrogens (tertiary/aromatic N) is 1. The molecule has 0 spiro atoms. The average molecular weight is 442 g/mol. The molecule has 0 saturated carbocycles. The number of guanidine groups is 1. The molecule has 0 fully saturated rings. The number of amides is 1. The van der Waals surface area contributed by atoms with Gasteiger partial charge in [0.15, 0.2) is 5.96 Å². The highest BCUT2D eigenvalue weighted by molar-refractivity contribution is 14.0. The SMILES string of the molecule is CCNC(=NCc1ccco1)NCCNC(=O)c1ccccc1.I. The molecule has 0 aliphatic rings. The lowest BCUT2D eigenvalue weighted by molar-refractivity contribution is 0.0954. The number of furan rings is 1. The van der Waals surface area contributed by atoms with E-state index in [4.69, 9.17) is 4.42 Å². The molecule has 0 aliphatic carbocycles. The summed E-state index contributed by atoms with van der Waals surface area (Å²) in [6.45, 7) is 4.34. The quantitative estimate of drug-likeness (QED) is 0.266. The Morgan fingerprint density at radius 1 is 1.04 bits per heavy atom. The molecule has 24 heavy (non-hydrogen) atoms. The zero-order valence-corrected chi connectivity index (χ0v) is 15.9. The van der Waals surface area contributed by atoms with Gasteiger partial charge in [0.25, 0.3) is 5.91 Å². The van der Waals surface area contributed by atoms with Crippen molar-refractivity contribution in [3.8, 4) is 0 Å². The normalized spacial score (nSPS) is 10.6. The van der Waals surface area contributed by atoms with E-state index in [1.54, 1.807) is 18.4 Å². The molecule has 130 valence electrons. The van der Waals surface area contributed by atoms with Crippen molar-refractivity contribution in [3.63, 3.8) is 0 Å². The third kappa shape index (κ3) is 7.03. The monoisotopic (exact) mass is 442 g/mol. The summed E-state index contributed by atoms with van der Waals surface area (Å²) in [5.41, 5.74) is 0.658. The number of aliphatic imine (C=N–C) groups is 1. The van der Waals surface area contributed by atoms with Crippen LogP contribution in [0.4, 0.5) is 0 Å². The van der Waals surface area contributed by atoms with Gasteiger partial charge in [0.1, 0.15) is 12.3 Å². The summed E-state index contributed by atoms with van der Waals surface area (Å²) in [6.07, 6.45) is 1.63. The maximum absolute atomic E-state index is 11.9. The zero-order valence-electron chi connectivity index (χ0n) is 13.6. The lowest BCUT2D eigenvalue weighted by Gasteiger charge is -2.11. The van der Waals surface area contributed by atoms with Crippen molar-refractivity contribution < 1.29 is 9.21 Å². The lowest BCUT2D eigenvalue weighted by atomic mass is 10.2. The topological polar surface area (TPSA) is 78.7 Å². The number of carbonyl (C=O) groups excluding carboxylic acids is 1. The molecular weight excluding hydrogens is 419 g/mol. The van der Waals surface area contributed by atoms with Gasteiger partial charge in [-0.25, -0.2) is 4.99 Å². The summed E-state index contributed by atoms with van der Waals surface area (Å²) >= 11 is 0. The first-order valence-corrected chi connectivity index (χ1v) is 7.67. The molecule has 0 aliphatic heterocycles. The molecule has 0 atom stereocenters. The number of benzene rings is 1. The molecule has 2 aromatic rings. The van der Waals surface area contributed by atoms with E-state index in [0.29, 0.717) is 31.2 Å². The Morgan fingerprint density at radius 2 is 1.79 bits per heavy atom. The van der Waals surface area contributed by atoms with Crippen molar-refractivity contribution in [1.82, 2.24) is 16.0 Å². The molecule has 0 saturated heterocycles. The molecule has 1 aromatic carbocycles. The zero-order chi connectivity index (χ0) is 16.3. The molecule has 6 nitrogen and oxygen atoms in total. The van der Waals surface area contributed by atoms with Gasteiger partial charge in [-0.3, -0.25) is 4.79 Å². The van der Waals surface area contributed by atoms with Crippen molar-refractivity contribution >= 4 is 35.8 Å². The standard InChI is InChI=1S/C17H22N4O2.HI/c1-2-18-17(21-13-15-9-6-12-23-15)20-11-10-19-16(22)14-7-4-3-5-8-14;/h3-9,12H,2,10-11,13H2,1H3,(H,19,22)(H2,18,20,21);1H. The number of carbonyl (C=O) groups is 1. The van der Waals surface area contributed by atoms with E-state index in [2.05, 4.69) is 20.9 Å². The van der Waals surface area contributed by atoms with Gasteiger partial charge in [-0.15, -0.1) is 24.0 Å². The summed E-state index contributed by atoms with van der Waals surface area (Å²) in [7, 11) is 0. The summed E-state index contributed by atoms with van der Waals surface area (Å²) in [5, 5.41) is 9.19. The fraction of sp³-hybridized carbons (Fsp3) is 0.294. The van der Waals surface area contributed by atoms with Gasteiger partial charge in [-0.2, -0.15) is 0 Å². The van der Waals surface area contributed by atoms with Gasteiger partial charge in [0.2, 0.25) is 0 Å². The Balaban J connectivity index is 0.00000288. The first kappa shape index (κ1) is 20.0. The minimum Gasteiger partial charge on any atom is -0.467 e. The van der Waals surface area contributed by atoms with Gasteiger partial charge >= 0.3 is 0 Å². The number of rotatable bonds is 7. The molecule has 1 heterocycles. The van der Waals surface area contributed by atoms with Crippen LogP contribution in [0.5, 0.6) is 0 Å². The molecule has 0 unspecified atom stereocenters. The van der Waals surface area contributed by atoms with Crippen molar-refractivity contribution in [2.75, 3.05) is 19.6 Å². The highest BCUT2D eigenvalue weighted by Gasteiger charge is 2.03. The van der Waals surface area contributed by atoms with E-state index in [1.165, 1.54) is 0 Å². The van der Waals surface area contributed by atoms with E-state index in [1.807, 2.05) is 37.3 Å². The van der Waals surface area contributed by atoms with Gasteiger partial charge in [-0.1, -0.05) is 18.2 Å². The fourth-order valence-electron chi connectivity index (χ4n) is 1.95. The maximum Gasteiger partial charge on any atom is 0.251 e. The minimum absolute atomic E-state index is 0. The van der Waals surface area contributed by atoms with Crippen molar-refractivity contribution in [3.05, 3.63) is 60.1 Å². The molecule has 2 rings (SSSR count). The van der Waals surface area contributed by atoms with E-state index in [9.17, 15) is 4.79 Å². The minimum atomic E-state index is -0.0788. The first-order valence-electron chi connectivity index (χ1n) is 7.67. The Bertz CT molecular complexity index is 615. The van der Waals surface area contributed by atoms with Crippen LogP contribution in [-0.2, 0) is 6.54 Å². The van der Waals surface area contributed by atoms with E-state index >= 15 is 0 Å². The summed E-state index contributed by atoms with van der Waals surface area (Å²) < 4.78 is 5.25. The number of nitrogens with one attached hydrogen (secondary N) is 3. The number of halogens is 1. The van der Waals surface area contributed by atoms with Gasteiger partial charge in [-0.05, 0) is 31.2 Å². The van der Waals surface area contributed by atoms with E-state index < -0.39 is 0 Å².